The third-order valence-corrected chi connectivity index (χ3v) is 4.99. The molecular formula is C20H24N6O. The Morgan fingerprint density at radius 2 is 2.11 bits per heavy atom. The molecule has 0 radical (unpaired) electrons. The maximum atomic E-state index is 12.8. The molecule has 7 nitrogen and oxygen atoms in total. The molecule has 1 aliphatic heterocycles. The van der Waals surface area contributed by atoms with Crippen LogP contribution < -0.4 is 10.9 Å². The van der Waals surface area contributed by atoms with Crippen molar-refractivity contribution in [3.8, 4) is 11.3 Å². The maximum Gasteiger partial charge on any atom is 0.258 e. The largest absolute Gasteiger partial charge is 0.371 e. The summed E-state index contributed by atoms with van der Waals surface area (Å²) in [5.41, 5.74) is 3.41. The number of piperazine rings is 1. The van der Waals surface area contributed by atoms with E-state index in [1.54, 1.807) is 16.8 Å². The van der Waals surface area contributed by atoms with Gasteiger partial charge in [0, 0.05) is 67.5 Å². The van der Waals surface area contributed by atoms with E-state index < -0.39 is 0 Å². The molecule has 0 saturated carbocycles. The number of hydrogen-bond acceptors (Lipinski definition) is 5. The Bertz CT molecular complexity index is 1040. The molecule has 0 unspecified atom stereocenters. The van der Waals surface area contributed by atoms with Crippen molar-refractivity contribution in [3.63, 3.8) is 0 Å². The fraction of sp³-hybridized carbons (Fsp3) is 0.350. The minimum atomic E-state index is -0.0762. The van der Waals surface area contributed by atoms with Crippen molar-refractivity contribution in [2.24, 2.45) is 0 Å². The van der Waals surface area contributed by atoms with Crippen molar-refractivity contribution in [1.29, 1.82) is 0 Å². The summed E-state index contributed by atoms with van der Waals surface area (Å²) >= 11 is 0. The van der Waals surface area contributed by atoms with Gasteiger partial charge in [0.15, 0.2) is 0 Å². The standard InChI is InChI=1S/C20H24N6O/c1-3-17(25-8-6-21-7-9-25)13-26-14(2)24-18(11-19(26)27)16-10-15-4-5-22-20(15)23-12-16/h4-5,10-13,21H,3,6-9H2,1-2H3,(H,22,23)/b17-13+. The van der Waals surface area contributed by atoms with Crippen molar-refractivity contribution in [2.45, 2.75) is 20.3 Å². The first-order valence-electron chi connectivity index (χ1n) is 9.36. The van der Waals surface area contributed by atoms with Gasteiger partial charge >= 0.3 is 0 Å². The molecule has 0 bridgehead atoms. The lowest BCUT2D eigenvalue weighted by molar-refractivity contribution is 0.294. The molecule has 3 aromatic heterocycles. The lowest BCUT2D eigenvalue weighted by atomic mass is 10.1. The molecule has 4 heterocycles. The number of aryl methyl sites for hydroxylation is 1. The van der Waals surface area contributed by atoms with E-state index in [9.17, 15) is 4.79 Å². The highest BCUT2D eigenvalue weighted by atomic mass is 16.1. The predicted molar refractivity (Wildman–Crippen MR) is 107 cm³/mol. The first-order valence-corrected chi connectivity index (χ1v) is 9.36. The SMILES string of the molecule is CC/C(=C\n1c(C)nc(-c2cnc3[nH]ccc3c2)cc1=O)N1CCNCC1. The molecular weight excluding hydrogens is 340 g/mol. The second-order valence-corrected chi connectivity index (χ2v) is 6.75. The Morgan fingerprint density at radius 3 is 2.85 bits per heavy atom. The molecule has 7 heteroatoms. The Labute approximate surface area is 157 Å². The van der Waals surface area contributed by atoms with Crippen LogP contribution in [0.25, 0.3) is 28.5 Å². The van der Waals surface area contributed by atoms with Gasteiger partial charge in [-0.1, -0.05) is 6.92 Å². The zero-order valence-corrected chi connectivity index (χ0v) is 15.7. The molecule has 1 aliphatic rings. The van der Waals surface area contributed by atoms with E-state index in [-0.39, 0.29) is 5.56 Å². The minimum absolute atomic E-state index is 0.0762. The van der Waals surface area contributed by atoms with E-state index in [0.29, 0.717) is 11.5 Å². The summed E-state index contributed by atoms with van der Waals surface area (Å²) in [7, 11) is 0. The number of nitrogens with zero attached hydrogens (tertiary/aromatic N) is 4. The van der Waals surface area contributed by atoms with Gasteiger partial charge < -0.3 is 15.2 Å². The van der Waals surface area contributed by atoms with Crippen LogP contribution in [0.5, 0.6) is 0 Å². The van der Waals surface area contributed by atoms with Gasteiger partial charge in [-0.2, -0.15) is 0 Å². The molecule has 0 amide bonds. The quantitative estimate of drug-likeness (QED) is 0.742. The van der Waals surface area contributed by atoms with E-state index in [2.05, 4.69) is 32.1 Å². The number of pyridine rings is 1. The topological polar surface area (TPSA) is 78.8 Å². The summed E-state index contributed by atoms with van der Waals surface area (Å²) in [5, 5.41) is 4.36. The molecule has 0 atom stereocenters. The summed E-state index contributed by atoms with van der Waals surface area (Å²) in [6.45, 7) is 7.85. The maximum absolute atomic E-state index is 12.8. The molecule has 27 heavy (non-hydrogen) atoms. The van der Waals surface area contributed by atoms with Crippen LogP contribution in [0.1, 0.15) is 19.2 Å². The number of aromatic nitrogens is 4. The van der Waals surface area contributed by atoms with Crippen LogP contribution in [0.15, 0.2) is 41.1 Å². The van der Waals surface area contributed by atoms with Crippen LogP contribution in [0, 0.1) is 6.92 Å². The zero-order chi connectivity index (χ0) is 18.8. The second kappa shape index (κ2) is 7.36. The highest BCUT2D eigenvalue weighted by Crippen LogP contribution is 2.20. The minimum Gasteiger partial charge on any atom is -0.371 e. The van der Waals surface area contributed by atoms with Crippen LogP contribution >= 0.6 is 0 Å². The fourth-order valence-electron chi connectivity index (χ4n) is 3.49. The third kappa shape index (κ3) is 3.50. The van der Waals surface area contributed by atoms with Crippen LogP contribution in [0.3, 0.4) is 0 Å². The predicted octanol–water partition coefficient (Wildman–Crippen LogP) is 2.21. The molecule has 2 N–H and O–H groups in total. The molecule has 1 saturated heterocycles. The van der Waals surface area contributed by atoms with Gasteiger partial charge in [-0.05, 0) is 25.5 Å². The lowest BCUT2D eigenvalue weighted by Crippen LogP contribution is -2.43. The number of rotatable bonds is 4. The van der Waals surface area contributed by atoms with Gasteiger partial charge in [-0.25, -0.2) is 9.97 Å². The molecule has 3 aromatic rings. The summed E-state index contributed by atoms with van der Waals surface area (Å²) in [5.74, 6) is 0.674. The number of hydrogen-bond donors (Lipinski definition) is 2. The van der Waals surface area contributed by atoms with Gasteiger partial charge in [0.1, 0.15) is 11.5 Å². The number of H-pyrrole nitrogens is 1. The summed E-state index contributed by atoms with van der Waals surface area (Å²) in [4.78, 5) is 27.3. The number of allylic oxidation sites excluding steroid dienone is 1. The molecule has 0 aliphatic carbocycles. The van der Waals surface area contributed by atoms with Gasteiger partial charge in [-0.3, -0.25) is 9.36 Å². The fourth-order valence-corrected chi connectivity index (χ4v) is 3.49. The van der Waals surface area contributed by atoms with Crippen molar-refractivity contribution in [2.75, 3.05) is 26.2 Å². The smallest absolute Gasteiger partial charge is 0.258 e. The van der Waals surface area contributed by atoms with Crippen molar-refractivity contribution >= 4 is 17.2 Å². The van der Waals surface area contributed by atoms with Gasteiger partial charge in [-0.15, -0.1) is 0 Å². The Morgan fingerprint density at radius 1 is 1.30 bits per heavy atom. The summed E-state index contributed by atoms with van der Waals surface area (Å²) in [6.07, 6.45) is 6.42. The molecule has 0 aromatic carbocycles. The Kier molecular flexibility index (Phi) is 4.77. The van der Waals surface area contributed by atoms with E-state index in [1.165, 1.54) is 0 Å². The van der Waals surface area contributed by atoms with Gasteiger partial charge in [0.25, 0.3) is 5.56 Å². The van der Waals surface area contributed by atoms with Crippen molar-refractivity contribution in [1.82, 2.24) is 29.7 Å². The second-order valence-electron chi connectivity index (χ2n) is 6.75. The van der Waals surface area contributed by atoms with Crippen LogP contribution in [0.4, 0.5) is 0 Å². The monoisotopic (exact) mass is 364 g/mol. The molecule has 140 valence electrons. The first-order chi connectivity index (χ1) is 13.2. The first kappa shape index (κ1) is 17.5. The van der Waals surface area contributed by atoms with Crippen molar-refractivity contribution in [3.05, 3.63) is 52.5 Å². The number of fused-ring (bicyclic) bond motifs is 1. The molecule has 4 rings (SSSR count). The van der Waals surface area contributed by atoms with E-state index >= 15 is 0 Å². The summed E-state index contributed by atoms with van der Waals surface area (Å²) in [6, 6.07) is 5.55. The van der Waals surface area contributed by atoms with Crippen LogP contribution in [0.2, 0.25) is 0 Å². The highest BCUT2D eigenvalue weighted by molar-refractivity contribution is 5.80. The summed E-state index contributed by atoms with van der Waals surface area (Å²) < 4.78 is 1.65. The zero-order valence-electron chi connectivity index (χ0n) is 15.7. The molecule has 1 fully saturated rings. The average molecular weight is 364 g/mol. The number of nitrogens with one attached hydrogen (secondary N) is 2. The normalized spacial score (nSPS) is 15.5. The van der Waals surface area contributed by atoms with Crippen LogP contribution in [-0.4, -0.2) is 50.6 Å². The van der Waals surface area contributed by atoms with Crippen LogP contribution in [-0.2, 0) is 0 Å². The van der Waals surface area contributed by atoms with Crippen molar-refractivity contribution < 1.29 is 0 Å². The van der Waals surface area contributed by atoms with E-state index in [1.807, 2.05) is 31.5 Å². The Balaban J connectivity index is 1.71. The molecule has 0 spiro atoms. The van der Waals surface area contributed by atoms with Gasteiger partial charge in [0.05, 0.1) is 5.69 Å². The highest BCUT2D eigenvalue weighted by Gasteiger charge is 2.13. The van der Waals surface area contributed by atoms with Gasteiger partial charge in [0.2, 0.25) is 0 Å². The average Bonchev–Trinajstić information content (AvgIpc) is 3.16. The third-order valence-electron chi connectivity index (χ3n) is 4.99. The van der Waals surface area contributed by atoms with E-state index in [0.717, 1.165) is 54.9 Å². The van der Waals surface area contributed by atoms with E-state index in [4.69, 9.17) is 0 Å². The number of aromatic amines is 1. The lowest BCUT2D eigenvalue weighted by Gasteiger charge is -2.31. The Hall–Kier alpha value is -2.93.